The standard InChI is InChI=1S/C24H25Cl2N5O2S2/c1-4-14-5-7-16-17(11-27)23(35-20(16)9-14)28-21(32)12-34-24-30-29-22(31(24)3)13(2)33-19-10-15(25)6-8-18(19)26/h6,8,10,13-14H,4-5,7,9,12H2,1-3H3,(H,28,32). The van der Waals surface area contributed by atoms with E-state index in [1.807, 2.05) is 14.0 Å². The van der Waals surface area contributed by atoms with Gasteiger partial charge in [0.05, 0.1) is 16.3 Å². The lowest BCUT2D eigenvalue weighted by Crippen LogP contribution is -2.15. The van der Waals surface area contributed by atoms with Gasteiger partial charge in [-0.15, -0.1) is 21.5 Å². The number of benzene rings is 1. The predicted molar refractivity (Wildman–Crippen MR) is 141 cm³/mol. The van der Waals surface area contributed by atoms with E-state index >= 15 is 0 Å². The van der Waals surface area contributed by atoms with E-state index in [0.717, 1.165) is 31.2 Å². The Morgan fingerprint density at radius 1 is 1.43 bits per heavy atom. The molecule has 184 valence electrons. The molecule has 0 radical (unpaired) electrons. The molecule has 1 N–H and O–H groups in total. The number of carbonyl (C=O) groups is 1. The van der Waals surface area contributed by atoms with E-state index < -0.39 is 6.10 Å². The molecule has 35 heavy (non-hydrogen) atoms. The van der Waals surface area contributed by atoms with Crippen molar-refractivity contribution in [3.63, 3.8) is 0 Å². The Balaban J connectivity index is 1.38. The summed E-state index contributed by atoms with van der Waals surface area (Å²) in [6.07, 6.45) is 3.68. The number of fused-ring (bicyclic) bond motifs is 1. The van der Waals surface area contributed by atoms with Crippen molar-refractivity contribution in [3.8, 4) is 11.8 Å². The Hall–Kier alpha value is -2.25. The van der Waals surface area contributed by atoms with E-state index in [1.54, 1.807) is 22.8 Å². The second-order valence-electron chi connectivity index (χ2n) is 8.41. The summed E-state index contributed by atoms with van der Waals surface area (Å²) >= 11 is 15.1. The zero-order valence-corrected chi connectivity index (χ0v) is 22.7. The highest BCUT2D eigenvalue weighted by atomic mass is 35.5. The number of rotatable bonds is 8. The molecule has 4 rings (SSSR count). The smallest absolute Gasteiger partial charge is 0.235 e. The van der Waals surface area contributed by atoms with Crippen LogP contribution in [0, 0.1) is 17.2 Å². The maximum atomic E-state index is 12.7. The fourth-order valence-corrected chi connectivity index (χ4v) is 6.49. The first-order valence-electron chi connectivity index (χ1n) is 11.3. The van der Waals surface area contributed by atoms with Crippen LogP contribution in [-0.2, 0) is 24.7 Å². The summed E-state index contributed by atoms with van der Waals surface area (Å²) in [5, 5.41) is 23.3. The van der Waals surface area contributed by atoms with Crippen LogP contribution in [0.5, 0.6) is 5.75 Å². The minimum atomic E-state index is -0.436. The monoisotopic (exact) mass is 549 g/mol. The molecule has 2 aromatic heterocycles. The van der Waals surface area contributed by atoms with Gasteiger partial charge in [0.1, 0.15) is 16.8 Å². The molecule has 0 fully saturated rings. The summed E-state index contributed by atoms with van der Waals surface area (Å²) in [5.41, 5.74) is 1.72. The van der Waals surface area contributed by atoms with Crippen LogP contribution in [-0.4, -0.2) is 26.4 Å². The Morgan fingerprint density at radius 3 is 2.97 bits per heavy atom. The van der Waals surface area contributed by atoms with Crippen molar-refractivity contribution in [3.05, 3.63) is 50.1 Å². The van der Waals surface area contributed by atoms with E-state index in [-0.39, 0.29) is 11.7 Å². The number of thiophene rings is 1. The van der Waals surface area contributed by atoms with Gasteiger partial charge in [-0.05, 0) is 49.8 Å². The number of hydrogen-bond donors (Lipinski definition) is 1. The number of amides is 1. The molecule has 1 amide bonds. The van der Waals surface area contributed by atoms with Gasteiger partial charge < -0.3 is 14.6 Å². The van der Waals surface area contributed by atoms with Crippen molar-refractivity contribution in [2.24, 2.45) is 13.0 Å². The van der Waals surface area contributed by atoms with Crippen molar-refractivity contribution in [1.82, 2.24) is 14.8 Å². The van der Waals surface area contributed by atoms with Crippen LogP contribution in [0.4, 0.5) is 5.00 Å². The SMILES string of the molecule is CCC1CCc2c(sc(NC(=O)CSc3nnc(C(C)Oc4cc(Cl)ccc4Cl)n3C)c2C#N)C1. The number of nitrogens with zero attached hydrogens (tertiary/aromatic N) is 4. The zero-order valence-electron chi connectivity index (χ0n) is 19.6. The van der Waals surface area contributed by atoms with Gasteiger partial charge in [-0.3, -0.25) is 4.79 Å². The normalized spacial score (nSPS) is 15.8. The third kappa shape index (κ3) is 5.78. The molecule has 2 unspecified atom stereocenters. The lowest BCUT2D eigenvalue weighted by molar-refractivity contribution is -0.113. The van der Waals surface area contributed by atoms with E-state index in [0.29, 0.717) is 43.3 Å². The molecule has 1 aliphatic rings. The number of nitriles is 1. The average Bonchev–Trinajstić information content (AvgIpc) is 3.38. The average molecular weight is 551 g/mol. The number of aromatic nitrogens is 3. The first-order chi connectivity index (χ1) is 16.8. The second kappa shape index (κ2) is 11.2. The van der Waals surface area contributed by atoms with Crippen LogP contribution in [0.1, 0.15) is 54.6 Å². The number of hydrogen-bond acceptors (Lipinski definition) is 7. The highest BCUT2D eigenvalue weighted by molar-refractivity contribution is 7.99. The van der Waals surface area contributed by atoms with Gasteiger partial charge in [-0.25, -0.2) is 0 Å². The summed E-state index contributed by atoms with van der Waals surface area (Å²) in [6, 6.07) is 7.31. The van der Waals surface area contributed by atoms with Crippen LogP contribution in [0.15, 0.2) is 23.4 Å². The molecule has 2 atom stereocenters. The van der Waals surface area contributed by atoms with Crippen LogP contribution >= 0.6 is 46.3 Å². The topological polar surface area (TPSA) is 92.8 Å². The highest BCUT2D eigenvalue weighted by Gasteiger charge is 2.26. The summed E-state index contributed by atoms with van der Waals surface area (Å²) in [5.74, 6) is 1.66. The van der Waals surface area contributed by atoms with E-state index in [2.05, 4.69) is 28.5 Å². The van der Waals surface area contributed by atoms with Gasteiger partial charge in [0, 0.05) is 23.0 Å². The Morgan fingerprint density at radius 2 is 2.23 bits per heavy atom. The number of thioether (sulfide) groups is 1. The van der Waals surface area contributed by atoms with Crippen LogP contribution in [0.3, 0.4) is 0 Å². The van der Waals surface area contributed by atoms with Crippen molar-refractivity contribution >= 4 is 57.2 Å². The predicted octanol–water partition coefficient (Wildman–Crippen LogP) is 6.44. The fraction of sp³-hybridized carbons (Fsp3) is 0.417. The molecule has 3 aromatic rings. The van der Waals surface area contributed by atoms with Crippen molar-refractivity contribution in [2.45, 2.75) is 50.8 Å². The Labute approximate surface area is 222 Å². The molecule has 7 nitrogen and oxygen atoms in total. The zero-order chi connectivity index (χ0) is 25.1. The molecule has 2 heterocycles. The number of carbonyl (C=O) groups excluding carboxylic acids is 1. The lowest BCUT2D eigenvalue weighted by atomic mass is 9.86. The molecule has 0 saturated carbocycles. The summed E-state index contributed by atoms with van der Waals surface area (Å²) in [4.78, 5) is 13.9. The Kier molecular flexibility index (Phi) is 8.27. The molecular formula is C24H25Cl2N5O2S2. The van der Waals surface area contributed by atoms with Crippen LogP contribution in [0.2, 0.25) is 10.0 Å². The number of halogens is 2. The summed E-state index contributed by atoms with van der Waals surface area (Å²) < 4.78 is 7.72. The maximum Gasteiger partial charge on any atom is 0.235 e. The first kappa shape index (κ1) is 25.8. The minimum absolute atomic E-state index is 0.145. The number of nitrogens with one attached hydrogen (secondary N) is 1. The Bertz CT molecular complexity index is 1280. The van der Waals surface area contributed by atoms with Crippen molar-refractivity contribution in [1.29, 1.82) is 5.26 Å². The molecule has 0 saturated heterocycles. The third-order valence-corrected chi connectivity index (χ3v) is 8.81. The quantitative estimate of drug-likeness (QED) is 0.325. The maximum absolute atomic E-state index is 12.7. The molecule has 11 heteroatoms. The number of anilines is 1. The lowest BCUT2D eigenvalue weighted by Gasteiger charge is -2.20. The summed E-state index contributed by atoms with van der Waals surface area (Å²) in [7, 11) is 1.82. The molecule has 1 aliphatic carbocycles. The first-order valence-corrected chi connectivity index (χ1v) is 13.8. The van der Waals surface area contributed by atoms with Gasteiger partial charge in [-0.1, -0.05) is 48.3 Å². The van der Waals surface area contributed by atoms with E-state index in [4.69, 9.17) is 27.9 Å². The molecular weight excluding hydrogens is 525 g/mol. The van der Waals surface area contributed by atoms with Gasteiger partial charge >= 0.3 is 0 Å². The second-order valence-corrected chi connectivity index (χ2v) is 11.3. The van der Waals surface area contributed by atoms with Gasteiger partial charge in [0.2, 0.25) is 5.91 Å². The largest absolute Gasteiger partial charge is 0.481 e. The van der Waals surface area contributed by atoms with Crippen molar-refractivity contribution < 1.29 is 9.53 Å². The highest BCUT2D eigenvalue weighted by Crippen LogP contribution is 2.40. The van der Waals surface area contributed by atoms with Crippen molar-refractivity contribution in [2.75, 3.05) is 11.1 Å². The van der Waals surface area contributed by atoms with Crippen LogP contribution < -0.4 is 10.1 Å². The summed E-state index contributed by atoms with van der Waals surface area (Å²) in [6.45, 7) is 4.04. The van der Waals surface area contributed by atoms with E-state index in [1.165, 1.54) is 28.0 Å². The van der Waals surface area contributed by atoms with Crippen LogP contribution in [0.25, 0.3) is 0 Å². The van der Waals surface area contributed by atoms with Gasteiger partial charge in [-0.2, -0.15) is 5.26 Å². The number of ether oxygens (including phenoxy) is 1. The molecule has 1 aromatic carbocycles. The van der Waals surface area contributed by atoms with Gasteiger partial charge in [0.25, 0.3) is 0 Å². The van der Waals surface area contributed by atoms with Gasteiger partial charge in [0.15, 0.2) is 17.1 Å². The third-order valence-electron chi connectivity index (χ3n) is 6.07. The molecule has 0 aliphatic heterocycles. The molecule has 0 spiro atoms. The molecule has 0 bridgehead atoms. The minimum Gasteiger partial charge on any atom is -0.481 e. The fourth-order valence-electron chi connectivity index (χ4n) is 4.12. The van der Waals surface area contributed by atoms with E-state index in [9.17, 15) is 10.1 Å².